The molecule has 7 heteroatoms. The molecule has 0 bridgehead atoms. The minimum absolute atomic E-state index is 0.0586. The summed E-state index contributed by atoms with van der Waals surface area (Å²) in [5, 5.41) is 13.8. The lowest BCUT2D eigenvalue weighted by Crippen LogP contribution is -2.35. The number of nitrogens with one attached hydrogen (secondary N) is 2. The topological polar surface area (TPSA) is 63.0 Å². The van der Waals surface area contributed by atoms with Crippen LogP contribution in [0.4, 0.5) is 16.1 Å². The van der Waals surface area contributed by atoms with Crippen molar-refractivity contribution in [1.82, 2.24) is 15.5 Å². The zero-order chi connectivity index (χ0) is 14.8. The van der Waals surface area contributed by atoms with Crippen LogP contribution in [0.2, 0.25) is 5.02 Å². The van der Waals surface area contributed by atoms with Crippen molar-refractivity contribution in [3.8, 4) is 0 Å². The predicted octanol–water partition coefficient (Wildman–Crippen LogP) is 3.49. The molecule has 5 nitrogen and oxygen atoms in total. The smallest absolute Gasteiger partial charge is 0.320 e. The first kappa shape index (κ1) is 14.7. The van der Waals surface area contributed by atoms with Gasteiger partial charge in [-0.3, -0.25) is 0 Å². The number of para-hydroxylation sites is 1. The second-order valence-electron chi connectivity index (χ2n) is 5.33. The molecule has 1 aromatic carbocycles. The molecular weight excluding hydrogens is 283 g/mol. The predicted molar refractivity (Wildman–Crippen MR) is 75.6 cm³/mol. The molecule has 2 aromatic rings. The maximum atomic E-state index is 13.6. The fourth-order valence-corrected chi connectivity index (χ4v) is 1.65. The van der Waals surface area contributed by atoms with E-state index in [1.165, 1.54) is 12.1 Å². The monoisotopic (exact) mass is 298 g/mol. The molecule has 0 radical (unpaired) electrons. The van der Waals surface area contributed by atoms with E-state index in [4.69, 9.17) is 16.0 Å². The molecule has 20 heavy (non-hydrogen) atoms. The minimum Gasteiger partial charge on any atom is -0.406 e. The molecule has 0 saturated heterocycles. The summed E-state index contributed by atoms with van der Waals surface area (Å²) in [5.74, 6) is -0.0695. The van der Waals surface area contributed by atoms with E-state index in [9.17, 15) is 4.39 Å². The lowest BCUT2D eigenvalue weighted by Gasteiger charge is -2.18. The Balaban J connectivity index is 2.06. The minimum atomic E-state index is -0.481. The fraction of sp³-hybridized carbons (Fsp3) is 0.385. The molecular formula is C13H16ClFN4O. The van der Waals surface area contributed by atoms with Gasteiger partial charge in [0, 0.05) is 5.54 Å². The van der Waals surface area contributed by atoms with E-state index in [2.05, 4.69) is 20.8 Å². The summed E-state index contributed by atoms with van der Waals surface area (Å²) in [6.07, 6.45) is 0. The van der Waals surface area contributed by atoms with Gasteiger partial charge in [0.15, 0.2) is 0 Å². The maximum absolute atomic E-state index is 13.6. The molecule has 108 valence electrons. The highest BCUT2D eigenvalue weighted by atomic mass is 35.5. The molecule has 2 N–H and O–H groups in total. The fourth-order valence-electron chi connectivity index (χ4n) is 1.44. The van der Waals surface area contributed by atoms with Gasteiger partial charge >= 0.3 is 6.01 Å². The number of halogens is 2. The van der Waals surface area contributed by atoms with Gasteiger partial charge in [-0.25, -0.2) is 4.39 Å². The molecule has 2 rings (SSSR count). The number of anilines is 2. The van der Waals surface area contributed by atoms with Crippen LogP contribution in [0.1, 0.15) is 26.7 Å². The number of aromatic nitrogens is 2. The second-order valence-corrected chi connectivity index (χ2v) is 5.73. The summed E-state index contributed by atoms with van der Waals surface area (Å²) in [6.45, 7) is 6.52. The second kappa shape index (κ2) is 5.76. The van der Waals surface area contributed by atoms with E-state index in [1.807, 2.05) is 20.8 Å². The number of nitrogens with zero attached hydrogens (tertiary/aromatic N) is 2. The Kier molecular flexibility index (Phi) is 4.25. The summed E-state index contributed by atoms with van der Waals surface area (Å²) in [5.41, 5.74) is 0.0600. The van der Waals surface area contributed by atoms with E-state index in [0.29, 0.717) is 12.4 Å². The highest BCUT2D eigenvalue weighted by Crippen LogP contribution is 2.27. The standard InChI is InChI=1S/C13H16ClFN4O/c1-13(2,3)16-7-10-18-19-12(20-10)17-11-8(14)5-4-6-9(11)15/h4-6,16H,7H2,1-3H3,(H,17,19). The van der Waals surface area contributed by atoms with Gasteiger partial charge in [0.05, 0.1) is 17.3 Å². The molecule has 0 spiro atoms. The zero-order valence-electron chi connectivity index (χ0n) is 11.5. The van der Waals surface area contributed by atoms with Gasteiger partial charge in [-0.1, -0.05) is 22.8 Å². The quantitative estimate of drug-likeness (QED) is 0.904. The molecule has 0 amide bonds. The SMILES string of the molecule is CC(C)(C)NCc1nnc(Nc2c(F)cccc2Cl)o1. The van der Waals surface area contributed by atoms with Crippen molar-refractivity contribution in [1.29, 1.82) is 0 Å². The van der Waals surface area contributed by atoms with Crippen molar-refractivity contribution in [2.24, 2.45) is 0 Å². The molecule has 0 aliphatic carbocycles. The van der Waals surface area contributed by atoms with E-state index >= 15 is 0 Å². The Morgan fingerprint density at radius 2 is 2.05 bits per heavy atom. The van der Waals surface area contributed by atoms with Crippen LogP contribution in [0.3, 0.4) is 0 Å². The third-order valence-corrected chi connectivity index (χ3v) is 2.75. The Labute approximate surface area is 121 Å². The molecule has 0 saturated carbocycles. The van der Waals surface area contributed by atoms with Gasteiger partial charge in [0.25, 0.3) is 0 Å². The Hall–Kier alpha value is -1.66. The molecule has 1 heterocycles. The zero-order valence-corrected chi connectivity index (χ0v) is 12.3. The van der Waals surface area contributed by atoms with Gasteiger partial charge in [-0.15, -0.1) is 5.10 Å². The first-order valence-corrected chi connectivity index (χ1v) is 6.51. The average molecular weight is 299 g/mol. The van der Waals surface area contributed by atoms with Crippen LogP contribution in [0.15, 0.2) is 22.6 Å². The van der Waals surface area contributed by atoms with Crippen molar-refractivity contribution < 1.29 is 8.81 Å². The molecule has 0 atom stereocenters. The number of hydrogen-bond donors (Lipinski definition) is 2. The van der Waals surface area contributed by atoms with Gasteiger partial charge in [-0.05, 0) is 32.9 Å². The van der Waals surface area contributed by atoms with Crippen molar-refractivity contribution >= 4 is 23.3 Å². The van der Waals surface area contributed by atoms with Crippen LogP contribution in [0, 0.1) is 5.82 Å². The lowest BCUT2D eigenvalue weighted by atomic mass is 10.1. The van der Waals surface area contributed by atoms with Gasteiger partial charge < -0.3 is 15.1 Å². The summed E-state index contributed by atoms with van der Waals surface area (Å²) < 4.78 is 19.0. The summed E-state index contributed by atoms with van der Waals surface area (Å²) in [7, 11) is 0. The third-order valence-electron chi connectivity index (χ3n) is 2.43. The molecule has 0 aliphatic rings. The van der Waals surface area contributed by atoms with Gasteiger partial charge in [0.1, 0.15) is 5.82 Å². The van der Waals surface area contributed by atoms with Crippen LogP contribution in [-0.2, 0) is 6.54 Å². The Morgan fingerprint density at radius 1 is 1.30 bits per heavy atom. The molecule has 1 aromatic heterocycles. The number of hydrogen-bond acceptors (Lipinski definition) is 5. The maximum Gasteiger partial charge on any atom is 0.320 e. The van der Waals surface area contributed by atoms with Crippen molar-refractivity contribution in [2.45, 2.75) is 32.9 Å². The average Bonchev–Trinajstić information content (AvgIpc) is 2.79. The van der Waals surface area contributed by atoms with E-state index < -0.39 is 5.82 Å². The van der Waals surface area contributed by atoms with E-state index in [-0.39, 0.29) is 22.3 Å². The first-order valence-electron chi connectivity index (χ1n) is 6.13. The Morgan fingerprint density at radius 3 is 2.70 bits per heavy atom. The van der Waals surface area contributed by atoms with E-state index in [1.54, 1.807) is 6.07 Å². The van der Waals surface area contributed by atoms with Gasteiger partial charge in [0.2, 0.25) is 5.89 Å². The summed E-state index contributed by atoms with van der Waals surface area (Å²) >= 11 is 5.90. The van der Waals surface area contributed by atoms with Crippen molar-refractivity contribution in [2.75, 3.05) is 5.32 Å². The van der Waals surface area contributed by atoms with Crippen LogP contribution in [0.5, 0.6) is 0 Å². The highest BCUT2D eigenvalue weighted by molar-refractivity contribution is 6.33. The number of benzene rings is 1. The third kappa shape index (κ3) is 3.91. The van der Waals surface area contributed by atoms with Crippen LogP contribution in [-0.4, -0.2) is 15.7 Å². The molecule has 0 aliphatic heterocycles. The van der Waals surface area contributed by atoms with Gasteiger partial charge in [-0.2, -0.15) is 0 Å². The normalized spacial score (nSPS) is 11.7. The molecule has 0 unspecified atom stereocenters. The molecule has 0 fully saturated rings. The van der Waals surface area contributed by atoms with Crippen LogP contribution >= 0.6 is 11.6 Å². The number of rotatable bonds is 4. The highest BCUT2D eigenvalue weighted by Gasteiger charge is 2.14. The van der Waals surface area contributed by atoms with E-state index in [0.717, 1.165) is 0 Å². The lowest BCUT2D eigenvalue weighted by molar-refractivity contribution is 0.384. The first-order chi connectivity index (χ1) is 9.35. The summed E-state index contributed by atoms with van der Waals surface area (Å²) in [4.78, 5) is 0. The largest absolute Gasteiger partial charge is 0.406 e. The van der Waals surface area contributed by atoms with Crippen molar-refractivity contribution in [3.05, 3.63) is 34.9 Å². The summed E-state index contributed by atoms with van der Waals surface area (Å²) in [6, 6.07) is 4.50. The van der Waals surface area contributed by atoms with Crippen LogP contribution in [0.25, 0.3) is 0 Å². The van der Waals surface area contributed by atoms with Crippen LogP contribution < -0.4 is 10.6 Å². The Bertz CT molecular complexity index is 574. The van der Waals surface area contributed by atoms with Crippen molar-refractivity contribution in [3.63, 3.8) is 0 Å².